The standard InChI is InChI=1S/C26H32Cl2N2O4/c1-2-34-26(33)22(15-18-7-4-3-5-8-18)30-25(32)20-16-21(27)19(23(28)24(20)31)10-6-9-17-11-13-29-14-12-17/h3-5,7-8,16-17,22,29,31H,2,6,9-15H2,1H3,(H,30,32)/t22-/m1/s1. The third-order valence-corrected chi connectivity index (χ3v) is 6.93. The smallest absolute Gasteiger partial charge is 0.328 e. The summed E-state index contributed by atoms with van der Waals surface area (Å²) in [4.78, 5) is 25.5. The highest BCUT2D eigenvalue weighted by atomic mass is 35.5. The number of esters is 1. The van der Waals surface area contributed by atoms with Crippen molar-refractivity contribution in [3.63, 3.8) is 0 Å². The summed E-state index contributed by atoms with van der Waals surface area (Å²) < 4.78 is 5.13. The van der Waals surface area contributed by atoms with Crippen LogP contribution in [-0.2, 0) is 22.4 Å². The topological polar surface area (TPSA) is 87.7 Å². The summed E-state index contributed by atoms with van der Waals surface area (Å²) in [6, 6.07) is 9.81. The molecule has 1 aliphatic heterocycles. The number of nitrogens with one attached hydrogen (secondary N) is 2. The Morgan fingerprint density at radius 1 is 1.21 bits per heavy atom. The van der Waals surface area contributed by atoms with Crippen molar-refractivity contribution >= 4 is 35.1 Å². The first-order valence-corrected chi connectivity index (χ1v) is 12.6. The molecule has 184 valence electrons. The molecular formula is C26H32Cl2N2O4. The molecule has 0 aromatic heterocycles. The number of amides is 1. The second-order valence-electron chi connectivity index (χ2n) is 8.60. The quantitative estimate of drug-likeness (QED) is 0.397. The SMILES string of the molecule is CCOC(=O)[C@@H](Cc1ccccc1)NC(=O)c1cc(Cl)c(CCCC2CCNCC2)c(Cl)c1O. The van der Waals surface area contributed by atoms with E-state index in [0.717, 1.165) is 44.3 Å². The number of phenolic OH excluding ortho intramolecular Hbond substituents is 1. The molecule has 0 radical (unpaired) electrons. The van der Waals surface area contributed by atoms with Crippen LogP contribution in [0.1, 0.15) is 54.1 Å². The second kappa shape index (κ2) is 13.0. The molecule has 1 amide bonds. The molecule has 1 saturated heterocycles. The van der Waals surface area contributed by atoms with Crippen LogP contribution < -0.4 is 10.6 Å². The summed E-state index contributed by atoms with van der Waals surface area (Å²) in [6.45, 7) is 3.99. The van der Waals surface area contributed by atoms with Crippen LogP contribution in [0, 0.1) is 5.92 Å². The summed E-state index contributed by atoms with van der Waals surface area (Å²) in [7, 11) is 0. The van der Waals surface area contributed by atoms with Gasteiger partial charge in [-0.1, -0.05) is 60.0 Å². The van der Waals surface area contributed by atoms with Gasteiger partial charge in [0.25, 0.3) is 5.91 Å². The Bertz CT molecular complexity index is 979. The molecule has 3 N–H and O–H groups in total. The molecule has 1 atom stereocenters. The van der Waals surface area contributed by atoms with Crippen LogP contribution in [0.3, 0.4) is 0 Å². The van der Waals surface area contributed by atoms with Crippen molar-refractivity contribution in [3.05, 3.63) is 63.1 Å². The van der Waals surface area contributed by atoms with Gasteiger partial charge < -0.3 is 20.5 Å². The summed E-state index contributed by atoms with van der Waals surface area (Å²) in [5.74, 6) is -0.841. The van der Waals surface area contributed by atoms with E-state index in [9.17, 15) is 14.7 Å². The van der Waals surface area contributed by atoms with Gasteiger partial charge in [0, 0.05) is 11.4 Å². The van der Waals surface area contributed by atoms with Crippen molar-refractivity contribution in [2.24, 2.45) is 5.92 Å². The van der Waals surface area contributed by atoms with Crippen molar-refractivity contribution in [1.82, 2.24) is 10.6 Å². The minimum Gasteiger partial charge on any atom is -0.506 e. The van der Waals surface area contributed by atoms with Gasteiger partial charge in [-0.15, -0.1) is 0 Å². The van der Waals surface area contributed by atoms with E-state index in [4.69, 9.17) is 27.9 Å². The fraction of sp³-hybridized carbons (Fsp3) is 0.462. The van der Waals surface area contributed by atoms with E-state index < -0.39 is 17.9 Å². The Balaban J connectivity index is 1.71. The van der Waals surface area contributed by atoms with E-state index in [-0.39, 0.29) is 29.4 Å². The van der Waals surface area contributed by atoms with Crippen molar-refractivity contribution in [2.75, 3.05) is 19.7 Å². The number of aromatic hydroxyl groups is 1. The van der Waals surface area contributed by atoms with Gasteiger partial charge in [0.05, 0.1) is 17.2 Å². The molecule has 0 bridgehead atoms. The first kappa shape index (κ1) is 26.3. The van der Waals surface area contributed by atoms with E-state index >= 15 is 0 Å². The molecule has 0 spiro atoms. The van der Waals surface area contributed by atoms with E-state index in [2.05, 4.69) is 10.6 Å². The zero-order chi connectivity index (χ0) is 24.5. The largest absolute Gasteiger partial charge is 0.506 e. The molecule has 0 saturated carbocycles. The lowest BCUT2D eigenvalue weighted by atomic mass is 9.91. The fourth-order valence-electron chi connectivity index (χ4n) is 4.31. The molecule has 1 heterocycles. The lowest BCUT2D eigenvalue weighted by molar-refractivity contribution is -0.145. The van der Waals surface area contributed by atoms with Crippen LogP contribution >= 0.6 is 23.2 Å². The first-order valence-electron chi connectivity index (χ1n) is 11.8. The van der Waals surface area contributed by atoms with Crippen LogP contribution in [0.25, 0.3) is 0 Å². The number of ether oxygens (including phenoxy) is 1. The average molecular weight is 507 g/mol. The maximum Gasteiger partial charge on any atom is 0.328 e. The Morgan fingerprint density at radius 2 is 1.91 bits per heavy atom. The number of carbonyl (C=O) groups excluding carboxylic acids is 2. The number of piperidine rings is 1. The van der Waals surface area contributed by atoms with Gasteiger partial charge in [0.2, 0.25) is 0 Å². The van der Waals surface area contributed by atoms with Gasteiger partial charge in [0.15, 0.2) is 0 Å². The average Bonchev–Trinajstić information content (AvgIpc) is 2.84. The van der Waals surface area contributed by atoms with Crippen LogP contribution in [-0.4, -0.2) is 42.7 Å². The predicted octanol–water partition coefficient (Wildman–Crippen LogP) is 4.93. The van der Waals surface area contributed by atoms with E-state index in [1.807, 2.05) is 30.3 Å². The number of rotatable bonds is 10. The van der Waals surface area contributed by atoms with Crippen LogP contribution in [0.5, 0.6) is 5.75 Å². The molecule has 2 aromatic carbocycles. The predicted molar refractivity (Wildman–Crippen MR) is 135 cm³/mol. The molecule has 0 unspecified atom stereocenters. The van der Waals surface area contributed by atoms with Gasteiger partial charge in [-0.2, -0.15) is 0 Å². The summed E-state index contributed by atoms with van der Waals surface area (Å²) >= 11 is 12.9. The number of hydrogen-bond acceptors (Lipinski definition) is 5. The van der Waals surface area contributed by atoms with Crippen molar-refractivity contribution < 1.29 is 19.4 Å². The highest BCUT2D eigenvalue weighted by Gasteiger charge is 2.26. The van der Waals surface area contributed by atoms with Crippen molar-refractivity contribution in [1.29, 1.82) is 0 Å². The Hall–Kier alpha value is -2.28. The molecule has 3 rings (SSSR count). The summed E-state index contributed by atoms with van der Waals surface area (Å²) in [6.07, 6.45) is 5.17. The zero-order valence-corrected chi connectivity index (χ0v) is 20.9. The molecule has 1 fully saturated rings. The van der Waals surface area contributed by atoms with Gasteiger partial charge >= 0.3 is 5.97 Å². The Morgan fingerprint density at radius 3 is 2.59 bits per heavy atom. The van der Waals surface area contributed by atoms with E-state index in [1.54, 1.807) is 6.92 Å². The highest BCUT2D eigenvalue weighted by Crippen LogP contribution is 2.37. The number of halogens is 2. The van der Waals surface area contributed by atoms with Crippen molar-refractivity contribution in [3.8, 4) is 5.75 Å². The zero-order valence-electron chi connectivity index (χ0n) is 19.4. The lowest BCUT2D eigenvalue weighted by Gasteiger charge is -2.22. The molecule has 6 nitrogen and oxygen atoms in total. The molecule has 34 heavy (non-hydrogen) atoms. The van der Waals surface area contributed by atoms with Crippen LogP contribution in [0.15, 0.2) is 36.4 Å². The summed E-state index contributed by atoms with van der Waals surface area (Å²) in [5.41, 5.74) is 1.43. The molecular weight excluding hydrogens is 475 g/mol. The third-order valence-electron chi connectivity index (χ3n) is 6.19. The van der Waals surface area contributed by atoms with Crippen molar-refractivity contribution in [2.45, 2.75) is 51.5 Å². The van der Waals surface area contributed by atoms with Gasteiger partial charge in [-0.3, -0.25) is 4.79 Å². The van der Waals surface area contributed by atoms with Gasteiger partial charge in [-0.25, -0.2) is 4.79 Å². The van der Waals surface area contributed by atoms with Gasteiger partial charge in [-0.05, 0) is 68.8 Å². The molecule has 8 heteroatoms. The monoisotopic (exact) mass is 506 g/mol. The second-order valence-corrected chi connectivity index (χ2v) is 9.39. The number of hydrogen-bond donors (Lipinski definition) is 3. The molecule has 0 aliphatic carbocycles. The number of benzene rings is 2. The normalized spacial score (nSPS) is 15.0. The minimum absolute atomic E-state index is 0.0699. The minimum atomic E-state index is -0.920. The maximum atomic E-state index is 13.0. The maximum absolute atomic E-state index is 13.0. The molecule has 1 aliphatic rings. The summed E-state index contributed by atoms with van der Waals surface area (Å²) in [5, 5.41) is 17.1. The highest BCUT2D eigenvalue weighted by molar-refractivity contribution is 6.37. The fourth-order valence-corrected chi connectivity index (χ4v) is 4.95. The Labute approximate surface area is 211 Å². The number of phenols is 1. The molecule has 2 aromatic rings. The lowest BCUT2D eigenvalue weighted by Crippen LogP contribution is -2.43. The Kier molecular flexibility index (Phi) is 10.1. The van der Waals surface area contributed by atoms with E-state index in [0.29, 0.717) is 22.9 Å². The van der Waals surface area contributed by atoms with Crippen LogP contribution in [0.4, 0.5) is 0 Å². The number of carbonyl (C=O) groups is 2. The van der Waals surface area contributed by atoms with E-state index in [1.165, 1.54) is 6.07 Å². The van der Waals surface area contributed by atoms with Gasteiger partial charge in [0.1, 0.15) is 11.8 Å². The van der Waals surface area contributed by atoms with Crippen LogP contribution in [0.2, 0.25) is 10.0 Å². The first-order chi connectivity index (χ1) is 16.4. The third kappa shape index (κ3) is 7.11.